The number of aromatic nitrogens is 2. The van der Waals surface area contributed by atoms with E-state index in [2.05, 4.69) is 19.9 Å². The van der Waals surface area contributed by atoms with Gasteiger partial charge in [0.2, 0.25) is 0 Å². The quantitative estimate of drug-likeness (QED) is 0.641. The first-order chi connectivity index (χ1) is 9.83. The molecule has 2 heterocycles. The van der Waals surface area contributed by atoms with Crippen molar-refractivity contribution in [3.8, 4) is 0 Å². The number of nitrogens with zero attached hydrogens (tertiary/aromatic N) is 4. The molecule has 0 radical (unpaired) electrons. The molecule has 1 saturated carbocycles. The third-order valence-electron chi connectivity index (χ3n) is 3.68. The van der Waals surface area contributed by atoms with Gasteiger partial charge in [0.1, 0.15) is 5.82 Å². The third kappa shape index (κ3) is 3.45. The highest BCUT2D eigenvalue weighted by Gasteiger charge is 2.25. The van der Waals surface area contributed by atoms with E-state index in [4.69, 9.17) is 10.5 Å². The molecule has 0 atom stereocenters. The average Bonchev–Trinajstić information content (AvgIpc) is 3.33. The molecule has 20 heavy (non-hydrogen) atoms. The summed E-state index contributed by atoms with van der Waals surface area (Å²) in [6, 6.07) is 0. The van der Waals surface area contributed by atoms with Gasteiger partial charge in [-0.05, 0) is 24.8 Å². The van der Waals surface area contributed by atoms with Gasteiger partial charge in [-0.2, -0.15) is 0 Å². The zero-order chi connectivity index (χ0) is 13.8. The van der Waals surface area contributed by atoms with Gasteiger partial charge in [0.25, 0.3) is 0 Å². The van der Waals surface area contributed by atoms with E-state index in [0.29, 0.717) is 18.4 Å². The Morgan fingerprint density at radius 2 is 2.00 bits per heavy atom. The van der Waals surface area contributed by atoms with Gasteiger partial charge < -0.3 is 15.4 Å². The molecule has 2 fully saturated rings. The van der Waals surface area contributed by atoms with Crippen LogP contribution in [0.5, 0.6) is 0 Å². The van der Waals surface area contributed by atoms with E-state index < -0.39 is 0 Å². The van der Waals surface area contributed by atoms with Crippen LogP contribution in [0, 0.1) is 0 Å². The van der Waals surface area contributed by atoms with E-state index in [-0.39, 0.29) is 0 Å². The first-order valence-electron chi connectivity index (χ1n) is 7.26. The molecular formula is C14H21N5O. The molecule has 0 bridgehead atoms. The van der Waals surface area contributed by atoms with Crippen LogP contribution in [0.3, 0.4) is 0 Å². The highest BCUT2D eigenvalue weighted by atomic mass is 16.5. The van der Waals surface area contributed by atoms with Crippen molar-refractivity contribution >= 4 is 5.96 Å². The molecule has 3 rings (SSSR count). The average molecular weight is 275 g/mol. The second-order valence-electron chi connectivity index (χ2n) is 5.31. The zero-order valence-corrected chi connectivity index (χ0v) is 11.7. The minimum Gasteiger partial charge on any atom is -0.378 e. The minimum atomic E-state index is 0.610. The summed E-state index contributed by atoms with van der Waals surface area (Å²) in [6.07, 6.45) is 7.14. The van der Waals surface area contributed by atoms with Crippen molar-refractivity contribution in [2.45, 2.75) is 25.2 Å². The summed E-state index contributed by atoms with van der Waals surface area (Å²) in [4.78, 5) is 15.3. The number of aliphatic imine (C=N–C) groups is 1. The SMILES string of the molecule is NC(=NCCc1cnc(C2CC2)nc1)N1CCOCC1. The Labute approximate surface area is 119 Å². The number of nitrogens with two attached hydrogens (primary N) is 1. The van der Waals surface area contributed by atoms with Crippen molar-refractivity contribution in [3.05, 3.63) is 23.8 Å². The highest BCUT2D eigenvalue weighted by Crippen LogP contribution is 2.37. The summed E-state index contributed by atoms with van der Waals surface area (Å²) >= 11 is 0. The Morgan fingerprint density at radius 3 is 2.65 bits per heavy atom. The van der Waals surface area contributed by atoms with E-state index in [0.717, 1.165) is 44.1 Å². The van der Waals surface area contributed by atoms with Gasteiger partial charge in [-0.1, -0.05) is 0 Å². The Morgan fingerprint density at radius 1 is 1.30 bits per heavy atom. The van der Waals surface area contributed by atoms with Gasteiger partial charge in [-0.15, -0.1) is 0 Å². The van der Waals surface area contributed by atoms with Gasteiger partial charge in [-0.25, -0.2) is 9.97 Å². The lowest BCUT2D eigenvalue weighted by molar-refractivity contribution is 0.0674. The van der Waals surface area contributed by atoms with Crippen molar-refractivity contribution < 1.29 is 4.74 Å². The van der Waals surface area contributed by atoms with E-state index in [1.807, 2.05) is 12.4 Å². The molecule has 1 saturated heterocycles. The third-order valence-corrected chi connectivity index (χ3v) is 3.68. The highest BCUT2D eigenvalue weighted by molar-refractivity contribution is 5.78. The normalized spacial score (nSPS) is 20.2. The zero-order valence-electron chi connectivity index (χ0n) is 11.7. The van der Waals surface area contributed by atoms with Crippen LogP contribution in [0.4, 0.5) is 0 Å². The number of guanidine groups is 1. The maximum atomic E-state index is 5.97. The van der Waals surface area contributed by atoms with Crippen LogP contribution in [0.25, 0.3) is 0 Å². The van der Waals surface area contributed by atoms with E-state index in [9.17, 15) is 0 Å². The summed E-state index contributed by atoms with van der Waals surface area (Å²) in [5.41, 5.74) is 7.09. The lowest BCUT2D eigenvalue weighted by atomic mass is 10.2. The fourth-order valence-corrected chi connectivity index (χ4v) is 2.24. The molecule has 2 aliphatic rings. The molecule has 1 aromatic heterocycles. The van der Waals surface area contributed by atoms with Gasteiger partial charge >= 0.3 is 0 Å². The number of rotatable bonds is 4. The molecule has 0 unspecified atom stereocenters. The smallest absolute Gasteiger partial charge is 0.191 e. The number of hydrogen-bond acceptors (Lipinski definition) is 4. The fourth-order valence-electron chi connectivity index (χ4n) is 2.24. The molecule has 2 N–H and O–H groups in total. The Kier molecular flexibility index (Phi) is 4.11. The van der Waals surface area contributed by atoms with Crippen LogP contribution in [-0.4, -0.2) is 53.7 Å². The molecule has 0 spiro atoms. The number of hydrogen-bond donors (Lipinski definition) is 1. The predicted molar refractivity (Wildman–Crippen MR) is 76.6 cm³/mol. The number of ether oxygens (including phenoxy) is 1. The van der Waals surface area contributed by atoms with E-state index in [1.165, 1.54) is 12.8 Å². The van der Waals surface area contributed by atoms with Crippen LogP contribution in [0.15, 0.2) is 17.4 Å². The lowest BCUT2D eigenvalue weighted by Gasteiger charge is -2.27. The van der Waals surface area contributed by atoms with Crippen LogP contribution in [-0.2, 0) is 11.2 Å². The van der Waals surface area contributed by atoms with Gasteiger partial charge in [0.15, 0.2) is 5.96 Å². The second-order valence-corrected chi connectivity index (χ2v) is 5.31. The predicted octanol–water partition coefficient (Wildman–Crippen LogP) is 0.543. The Balaban J connectivity index is 1.48. The van der Waals surface area contributed by atoms with E-state index in [1.54, 1.807) is 0 Å². The molecule has 1 aliphatic carbocycles. The Hall–Kier alpha value is -1.69. The Bertz CT molecular complexity index is 463. The van der Waals surface area contributed by atoms with Crippen LogP contribution in [0.1, 0.15) is 30.1 Å². The van der Waals surface area contributed by atoms with Crippen molar-refractivity contribution in [2.24, 2.45) is 10.7 Å². The minimum absolute atomic E-state index is 0.610. The molecule has 6 nitrogen and oxygen atoms in total. The maximum Gasteiger partial charge on any atom is 0.191 e. The van der Waals surface area contributed by atoms with Crippen molar-refractivity contribution in [1.29, 1.82) is 0 Å². The summed E-state index contributed by atoms with van der Waals surface area (Å²) in [5.74, 6) is 2.22. The molecule has 0 amide bonds. The first-order valence-corrected chi connectivity index (χ1v) is 7.26. The van der Waals surface area contributed by atoms with Crippen LogP contribution < -0.4 is 5.73 Å². The van der Waals surface area contributed by atoms with Crippen molar-refractivity contribution in [1.82, 2.24) is 14.9 Å². The van der Waals surface area contributed by atoms with Gasteiger partial charge in [0.05, 0.1) is 13.2 Å². The molecule has 108 valence electrons. The lowest BCUT2D eigenvalue weighted by Crippen LogP contribution is -2.44. The molecular weight excluding hydrogens is 254 g/mol. The molecule has 6 heteroatoms. The standard InChI is InChI=1S/C14H21N5O/c15-14(19-5-7-20-8-6-19)16-4-3-11-9-17-13(18-10-11)12-1-2-12/h9-10,12H,1-8H2,(H2,15,16). The van der Waals surface area contributed by atoms with Crippen LogP contribution >= 0.6 is 0 Å². The molecule has 1 aliphatic heterocycles. The van der Waals surface area contributed by atoms with Crippen molar-refractivity contribution in [2.75, 3.05) is 32.8 Å². The summed E-state index contributed by atoms with van der Waals surface area (Å²) in [7, 11) is 0. The van der Waals surface area contributed by atoms with Crippen LogP contribution in [0.2, 0.25) is 0 Å². The first kappa shape index (κ1) is 13.3. The van der Waals surface area contributed by atoms with E-state index >= 15 is 0 Å². The maximum absolute atomic E-state index is 5.97. The van der Waals surface area contributed by atoms with Gasteiger partial charge in [-0.3, -0.25) is 4.99 Å². The number of morpholine rings is 1. The summed E-state index contributed by atoms with van der Waals surface area (Å²) < 4.78 is 5.29. The molecule has 1 aromatic rings. The summed E-state index contributed by atoms with van der Waals surface area (Å²) in [6.45, 7) is 3.79. The summed E-state index contributed by atoms with van der Waals surface area (Å²) in [5, 5.41) is 0. The molecule has 0 aromatic carbocycles. The second kappa shape index (κ2) is 6.17. The topological polar surface area (TPSA) is 76.6 Å². The van der Waals surface area contributed by atoms with Gasteiger partial charge in [0, 0.05) is 37.9 Å². The van der Waals surface area contributed by atoms with Crippen molar-refractivity contribution in [3.63, 3.8) is 0 Å². The largest absolute Gasteiger partial charge is 0.378 e. The fraction of sp³-hybridized carbons (Fsp3) is 0.643. The monoisotopic (exact) mass is 275 g/mol.